The Balaban J connectivity index is 1.49. The Kier molecular flexibility index (Phi) is 4.85. The average Bonchev–Trinajstić information content (AvgIpc) is 3.38. The average molecular weight is 443 g/mol. The molecular weight excluding hydrogens is 423 g/mol. The van der Waals surface area contributed by atoms with Gasteiger partial charge in [-0.1, -0.05) is 0 Å². The van der Waals surface area contributed by atoms with Crippen LogP contribution in [0.3, 0.4) is 0 Å². The summed E-state index contributed by atoms with van der Waals surface area (Å²) in [5.74, 6) is 0.961. The molecule has 0 spiro atoms. The highest BCUT2D eigenvalue weighted by molar-refractivity contribution is 5.59. The number of fused-ring (bicyclic) bond motifs is 1. The van der Waals surface area contributed by atoms with E-state index in [-0.39, 0.29) is 12.2 Å². The van der Waals surface area contributed by atoms with Crippen molar-refractivity contribution in [2.75, 3.05) is 18.0 Å². The number of nitrogens with zero attached hydrogens (tertiary/aromatic N) is 6. The Bertz CT molecular complexity index is 1270. The molecule has 5 rings (SSSR count). The third-order valence-electron chi connectivity index (χ3n) is 5.50. The number of hydrogen-bond donors (Lipinski definition) is 1. The smallest absolute Gasteiger partial charge is 0.367 e. The summed E-state index contributed by atoms with van der Waals surface area (Å²) in [4.78, 5) is 15.2. The van der Waals surface area contributed by atoms with Crippen molar-refractivity contribution >= 4 is 11.5 Å². The molecule has 0 aromatic carbocycles. The van der Waals surface area contributed by atoms with Crippen LogP contribution in [0.1, 0.15) is 29.8 Å². The second-order valence-corrected chi connectivity index (χ2v) is 7.82. The molecule has 1 aliphatic heterocycles. The van der Waals surface area contributed by atoms with Crippen molar-refractivity contribution in [3.63, 3.8) is 0 Å². The van der Waals surface area contributed by atoms with Crippen LogP contribution < -0.4 is 4.90 Å². The zero-order valence-electron chi connectivity index (χ0n) is 17.3. The van der Waals surface area contributed by atoms with Gasteiger partial charge in [0.2, 0.25) is 0 Å². The fourth-order valence-corrected chi connectivity index (χ4v) is 3.96. The maximum absolute atomic E-state index is 13.2. The van der Waals surface area contributed by atoms with Crippen LogP contribution in [0.15, 0.2) is 43.0 Å². The first kappa shape index (κ1) is 20.4. The number of ether oxygens (including phenoxy) is 1. The summed E-state index contributed by atoms with van der Waals surface area (Å²) in [5.41, 5.74) is 1.94. The van der Waals surface area contributed by atoms with Crippen LogP contribution in [0.5, 0.6) is 0 Å². The van der Waals surface area contributed by atoms with Crippen molar-refractivity contribution in [2.45, 2.75) is 32.2 Å². The molecule has 0 radical (unpaired) electrons. The number of pyridine rings is 1. The third kappa shape index (κ3) is 3.68. The highest BCUT2D eigenvalue weighted by atomic mass is 19.4. The second kappa shape index (κ2) is 7.59. The van der Waals surface area contributed by atoms with Crippen molar-refractivity contribution in [1.29, 1.82) is 0 Å². The lowest BCUT2D eigenvalue weighted by Crippen LogP contribution is -2.43. The van der Waals surface area contributed by atoms with E-state index in [4.69, 9.17) is 4.74 Å². The topological polar surface area (TPSA) is 84.2 Å². The quantitative estimate of drug-likeness (QED) is 0.519. The van der Waals surface area contributed by atoms with Crippen molar-refractivity contribution in [3.8, 4) is 11.5 Å². The van der Waals surface area contributed by atoms with Crippen molar-refractivity contribution in [1.82, 2.24) is 29.5 Å². The summed E-state index contributed by atoms with van der Waals surface area (Å²) in [5, 5.41) is 7.01. The number of halogens is 3. The lowest BCUT2D eigenvalue weighted by atomic mass is 10.1. The molecule has 2 atom stereocenters. The molecule has 0 bridgehead atoms. The van der Waals surface area contributed by atoms with E-state index in [2.05, 4.69) is 30.0 Å². The van der Waals surface area contributed by atoms with Gasteiger partial charge in [-0.25, -0.2) is 15.0 Å². The van der Waals surface area contributed by atoms with E-state index in [0.29, 0.717) is 36.1 Å². The molecule has 0 amide bonds. The zero-order valence-corrected chi connectivity index (χ0v) is 17.3. The Labute approximate surface area is 181 Å². The number of aromatic amines is 1. The molecule has 166 valence electrons. The molecule has 1 N–H and O–H groups in total. The predicted octanol–water partition coefficient (Wildman–Crippen LogP) is 3.81. The standard InChI is InChI=1S/C21H20F3N7O/c1-12-9-30(11-17(32-12)15-7-27-29-13(15)2)19-5-6-25-20(28-19)16-8-26-18-4-3-14(10-31(16)18)21(22,23)24/h3-8,10,12,17H,9,11H2,1-2H3,(H,27,29)/t12-,17?/m0/s1. The summed E-state index contributed by atoms with van der Waals surface area (Å²) < 4.78 is 47.0. The van der Waals surface area contributed by atoms with Gasteiger partial charge in [0.25, 0.3) is 0 Å². The van der Waals surface area contributed by atoms with Crippen LogP contribution in [-0.2, 0) is 10.9 Å². The first-order valence-electron chi connectivity index (χ1n) is 10.1. The highest BCUT2D eigenvalue weighted by Gasteiger charge is 2.32. The van der Waals surface area contributed by atoms with Gasteiger partial charge in [-0.3, -0.25) is 9.50 Å². The van der Waals surface area contributed by atoms with Gasteiger partial charge in [-0.05, 0) is 32.0 Å². The van der Waals surface area contributed by atoms with Gasteiger partial charge in [0.15, 0.2) is 5.82 Å². The van der Waals surface area contributed by atoms with E-state index in [1.54, 1.807) is 18.5 Å². The third-order valence-corrected chi connectivity index (χ3v) is 5.50. The Morgan fingerprint density at radius 3 is 2.72 bits per heavy atom. The number of alkyl halides is 3. The van der Waals surface area contributed by atoms with Crippen LogP contribution in [0, 0.1) is 6.92 Å². The maximum Gasteiger partial charge on any atom is 0.417 e. The molecule has 1 aliphatic rings. The summed E-state index contributed by atoms with van der Waals surface area (Å²) in [6, 6.07) is 4.12. The number of imidazole rings is 1. The molecule has 1 saturated heterocycles. The lowest BCUT2D eigenvalue weighted by Gasteiger charge is -2.37. The van der Waals surface area contributed by atoms with Gasteiger partial charge in [0.05, 0.1) is 30.6 Å². The van der Waals surface area contributed by atoms with Gasteiger partial charge in [0.1, 0.15) is 23.3 Å². The molecule has 5 heterocycles. The summed E-state index contributed by atoms with van der Waals surface area (Å²) in [6.45, 7) is 5.11. The summed E-state index contributed by atoms with van der Waals surface area (Å²) >= 11 is 0. The van der Waals surface area contributed by atoms with E-state index >= 15 is 0 Å². The van der Waals surface area contributed by atoms with Crippen LogP contribution in [-0.4, -0.2) is 48.7 Å². The number of rotatable bonds is 3. The number of aromatic nitrogens is 6. The van der Waals surface area contributed by atoms with Crippen LogP contribution >= 0.6 is 0 Å². The zero-order chi connectivity index (χ0) is 22.5. The molecule has 4 aromatic heterocycles. The van der Waals surface area contributed by atoms with E-state index in [1.807, 2.05) is 13.8 Å². The number of H-pyrrole nitrogens is 1. The SMILES string of the molecule is Cc1[nH]ncc1C1CN(c2ccnc(-c3cnc4ccc(C(F)(F)F)cn34)n2)C[C@H](C)O1. The molecule has 0 aliphatic carbocycles. The lowest BCUT2D eigenvalue weighted by molar-refractivity contribution is -0.137. The largest absolute Gasteiger partial charge is 0.417 e. The van der Waals surface area contributed by atoms with E-state index in [1.165, 1.54) is 16.7 Å². The van der Waals surface area contributed by atoms with E-state index < -0.39 is 11.7 Å². The molecule has 8 nitrogen and oxygen atoms in total. The molecule has 0 saturated carbocycles. The van der Waals surface area contributed by atoms with Crippen molar-refractivity contribution in [3.05, 3.63) is 59.8 Å². The van der Waals surface area contributed by atoms with Gasteiger partial charge in [-0.2, -0.15) is 18.3 Å². The van der Waals surface area contributed by atoms with Gasteiger partial charge >= 0.3 is 6.18 Å². The number of morpholine rings is 1. The molecule has 11 heteroatoms. The molecular formula is C21H20F3N7O. The highest BCUT2D eigenvalue weighted by Crippen LogP contribution is 2.32. The Hall–Kier alpha value is -3.47. The van der Waals surface area contributed by atoms with Crippen LogP contribution in [0.4, 0.5) is 19.0 Å². The van der Waals surface area contributed by atoms with Crippen molar-refractivity contribution in [2.24, 2.45) is 0 Å². The van der Waals surface area contributed by atoms with Crippen molar-refractivity contribution < 1.29 is 17.9 Å². The fourth-order valence-electron chi connectivity index (χ4n) is 3.96. The summed E-state index contributed by atoms with van der Waals surface area (Å²) in [6.07, 6.45) is 1.17. The van der Waals surface area contributed by atoms with E-state index in [0.717, 1.165) is 23.5 Å². The molecule has 1 unspecified atom stereocenters. The summed E-state index contributed by atoms with van der Waals surface area (Å²) in [7, 11) is 0. The molecule has 4 aromatic rings. The first-order chi connectivity index (χ1) is 15.3. The first-order valence-corrected chi connectivity index (χ1v) is 10.1. The molecule has 32 heavy (non-hydrogen) atoms. The number of aryl methyl sites for hydroxylation is 1. The minimum Gasteiger partial charge on any atom is -0.367 e. The molecule has 1 fully saturated rings. The van der Waals surface area contributed by atoms with E-state index in [9.17, 15) is 13.2 Å². The minimum atomic E-state index is -4.46. The number of nitrogens with one attached hydrogen (secondary N) is 1. The Morgan fingerprint density at radius 1 is 1.12 bits per heavy atom. The normalized spacial score (nSPS) is 19.6. The van der Waals surface area contributed by atoms with Crippen LogP contribution in [0.2, 0.25) is 0 Å². The maximum atomic E-state index is 13.2. The van der Waals surface area contributed by atoms with Gasteiger partial charge in [0, 0.05) is 30.2 Å². The number of anilines is 1. The minimum absolute atomic E-state index is 0.0494. The Morgan fingerprint density at radius 2 is 1.97 bits per heavy atom. The predicted molar refractivity (Wildman–Crippen MR) is 110 cm³/mol. The monoisotopic (exact) mass is 443 g/mol. The van der Waals surface area contributed by atoms with Gasteiger partial charge in [-0.15, -0.1) is 0 Å². The number of hydrogen-bond acceptors (Lipinski definition) is 6. The van der Waals surface area contributed by atoms with Gasteiger partial charge < -0.3 is 9.64 Å². The second-order valence-electron chi connectivity index (χ2n) is 7.82. The fraction of sp³-hybridized carbons (Fsp3) is 0.333. The van der Waals surface area contributed by atoms with Crippen LogP contribution in [0.25, 0.3) is 17.2 Å².